The van der Waals surface area contributed by atoms with Gasteiger partial charge >= 0.3 is 0 Å². The van der Waals surface area contributed by atoms with Gasteiger partial charge in [0.15, 0.2) is 0 Å². The molecule has 15 heavy (non-hydrogen) atoms. The van der Waals surface area contributed by atoms with Crippen LogP contribution in [0.25, 0.3) is 0 Å². The third-order valence-electron chi connectivity index (χ3n) is 3.25. The number of aromatic nitrogens is 2. The highest BCUT2D eigenvalue weighted by Gasteiger charge is 2.28. The van der Waals surface area contributed by atoms with E-state index in [4.69, 9.17) is 0 Å². The summed E-state index contributed by atoms with van der Waals surface area (Å²) in [7, 11) is 2.03. The van der Waals surface area contributed by atoms with E-state index in [0.29, 0.717) is 12.0 Å². The van der Waals surface area contributed by atoms with Crippen LogP contribution in [0.2, 0.25) is 0 Å². The van der Waals surface area contributed by atoms with Crippen molar-refractivity contribution in [3.63, 3.8) is 0 Å². The van der Waals surface area contributed by atoms with E-state index in [0.717, 1.165) is 11.0 Å². The Morgan fingerprint density at radius 1 is 1.60 bits per heavy atom. The largest absolute Gasteiger partial charge is 0.314 e. The highest BCUT2D eigenvalue weighted by atomic mass is 79.9. The highest BCUT2D eigenvalue weighted by molar-refractivity contribution is 9.10. The topological polar surface area (TPSA) is 29.9 Å². The number of nitrogens with zero attached hydrogens (tertiary/aromatic N) is 2. The Bertz CT molecular complexity index is 315. The van der Waals surface area contributed by atoms with Gasteiger partial charge in [-0.25, -0.2) is 0 Å². The highest BCUT2D eigenvalue weighted by Crippen LogP contribution is 2.37. The molecule has 4 heteroatoms. The fourth-order valence-electron chi connectivity index (χ4n) is 2.58. The molecule has 1 aromatic rings. The number of hydrogen-bond acceptors (Lipinski definition) is 2. The second kappa shape index (κ2) is 4.66. The van der Waals surface area contributed by atoms with E-state index in [9.17, 15) is 0 Å². The molecule has 3 nitrogen and oxygen atoms in total. The van der Waals surface area contributed by atoms with Gasteiger partial charge in [-0.15, -0.1) is 0 Å². The van der Waals surface area contributed by atoms with Crippen LogP contribution in [0.15, 0.2) is 10.7 Å². The molecule has 1 heterocycles. The van der Waals surface area contributed by atoms with Crippen LogP contribution in [-0.2, 0) is 7.05 Å². The number of aryl methyl sites for hydroxylation is 1. The molecule has 0 spiro atoms. The number of nitrogens with one attached hydrogen (secondary N) is 1. The van der Waals surface area contributed by atoms with Crippen LogP contribution in [0, 0.1) is 0 Å². The van der Waals surface area contributed by atoms with E-state index < -0.39 is 0 Å². The van der Waals surface area contributed by atoms with Crippen molar-refractivity contribution in [2.24, 2.45) is 7.05 Å². The van der Waals surface area contributed by atoms with Crippen molar-refractivity contribution in [1.29, 1.82) is 0 Å². The van der Waals surface area contributed by atoms with E-state index in [1.807, 2.05) is 17.9 Å². The van der Waals surface area contributed by atoms with Crippen LogP contribution in [0.4, 0.5) is 0 Å². The van der Waals surface area contributed by atoms with Crippen LogP contribution in [0.3, 0.4) is 0 Å². The maximum absolute atomic E-state index is 4.28. The minimum absolute atomic E-state index is 0.663. The first-order chi connectivity index (χ1) is 7.22. The van der Waals surface area contributed by atoms with Crippen LogP contribution < -0.4 is 5.32 Å². The molecule has 84 valence electrons. The summed E-state index contributed by atoms with van der Waals surface area (Å²) in [5.74, 6) is 0.663. The van der Waals surface area contributed by atoms with Crippen molar-refractivity contribution in [1.82, 2.24) is 15.1 Å². The smallest absolute Gasteiger partial charge is 0.0635 e. The van der Waals surface area contributed by atoms with E-state index in [-0.39, 0.29) is 0 Å². The zero-order valence-corrected chi connectivity index (χ0v) is 10.9. The SMILES string of the molecule is CCNC1CCC(c2c(Br)cnn2C)C1. The molecule has 0 aliphatic heterocycles. The molecule has 1 aliphatic rings. The van der Waals surface area contributed by atoms with Gasteiger partial charge in [0.2, 0.25) is 0 Å². The van der Waals surface area contributed by atoms with E-state index in [1.54, 1.807) is 0 Å². The number of hydrogen-bond donors (Lipinski definition) is 1. The lowest BCUT2D eigenvalue weighted by molar-refractivity contribution is 0.527. The second-order valence-corrected chi connectivity index (χ2v) is 5.12. The summed E-state index contributed by atoms with van der Waals surface area (Å²) in [5, 5.41) is 7.81. The summed E-state index contributed by atoms with van der Waals surface area (Å²) in [6, 6.07) is 0.696. The van der Waals surface area contributed by atoms with Gasteiger partial charge in [0.05, 0.1) is 16.4 Å². The Balaban J connectivity index is 2.07. The molecule has 0 saturated heterocycles. The molecule has 1 aliphatic carbocycles. The Labute approximate surface area is 99.4 Å². The van der Waals surface area contributed by atoms with Gasteiger partial charge in [-0.1, -0.05) is 6.92 Å². The van der Waals surface area contributed by atoms with Crippen molar-refractivity contribution in [3.05, 3.63) is 16.4 Å². The van der Waals surface area contributed by atoms with Crippen molar-refractivity contribution in [3.8, 4) is 0 Å². The van der Waals surface area contributed by atoms with Crippen LogP contribution in [0.1, 0.15) is 37.8 Å². The molecular weight excluding hydrogens is 254 g/mol. The number of halogens is 1. The average Bonchev–Trinajstić information content (AvgIpc) is 2.75. The van der Waals surface area contributed by atoms with Crippen LogP contribution >= 0.6 is 15.9 Å². The van der Waals surface area contributed by atoms with Crippen molar-refractivity contribution in [2.45, 2.75) is 38.1 Å². The van der Waals surface area contributed by atoms with Gasteiger partial charge in [-0.3, -0.25) is 4.68 Å². The third kappa shape index (κ3) is 2.26. The van der Waals surface area contributed by atoms with Gasteiger partial charge in [-0.05, 0) is 41.7 Å². The summed E-state index contributed by atoms with van der Waals surface area (Å²) in [6.07, 6.45) is 5.70. The van der Waals surface area contributed by atoms with Crippen LogP contribution in [0.5, 0.6) is 0 Å². The molecule has 2 rings (SSSR count). The van der Waals surface area contributed by atoms with Crippen molar-refractivity contribution in [2.75, 3.05) is 6.54 Å². The van der Waals surface area contributed by atoms with Crippen molar-refractivity contribution < 1.29 is 0 Å². The zero-order chi connectivity index (χ0) is 10.8. The molecule has 0 aromatic carbocycles. The second-order valence-electron chi connectivity index (χ2n) is 4.27. The molecule has 1 saturated carbocycles. The maximum atomic E-state index is 4.28. The molecule has 0 radical (unpaired) electrons. The predicted molar refractivity (Wildman–Crippen MR) is 65.0 cm³/mol. The Hall–Kier alpha value is -0.350. The van der Waals surface area contributed by atoms with Crippen LogP contribution in [-0.4, -0.2) is 22.4 Å². The first-order valence-electron chi connectivity index (χ1n) is 5.63. The Kier molecular flexibility index (Phi) is 3.46. The van der Waals surface area contributed by atoms with E-state index in [1.165, 1.54) is 25.0 Å². The monoisotopic (exact) mass is 271 g/mol. The summed E-state index contributed by atoms with van der Waals surface area (Å²) < 4.78 is 3.16. The van der Waals surface area contributed by atoms with Gasteiger partial charge in [0.1, 0.15) is 0 Å². The quantitative estimate of drug-likeness (QED) is 0.915. The lowest BCUT2D eigenvalue weighted by Crippen LogP contribution is -2.25. The predicted octanol–water partition coefficient (Wildman–Crippen LogP) is 2.43. The molecule has 1 N–H and O–H groups in total. The Morgan fingerprint density at radius 3 is 3.00 bits per heavy atom. The number of rotatable bonds is 3. The third-order valence-corrected chi connectivity index (χ3v) is 3.86. The van der Waals surface area contributed by atoms with E-state index >= 15 is 0 Å². The van der Waals surface area contributed by atoms with Gasteiger partial charge in [-0.2, -0.15) is 5.10 Å². The van der Waals surface area contributed by atoms with Gasteiger partial charge in [0, 0.05) is 19.0 Å². The first-order valence-corrected chi connectivity index (χ1v) is 6.42. The normalized spacial score (nSPS) is 26.1. The van der Waals surface area contributed by atoms with E-state index in [2.05, 4.69) is 33.3 Å². The minimum Gasteiger partial charge on any atom is -0.314 e. The standard InChI is InChI=1S/C11H18BrN3/c1-3-13-9-5-4-8(6-9)11-10(12)7-14-15(11)2/h7-9,13H,3-6H2,1-2H3. The lowest BCUT2D eigenvalue weighted by atomic mass is 10.0. The summed E-state index contributed by atoms with van der Waals surface area (Å²) in [6.45, 7) is 3.25. The summed E-state index contributed by atoms with van der Waals surface area (Å²) in [5.41, 5.74) is 1.36. The molecule has 1 aromatic heterocycles. The molecule has 2 unspecified atom stereocenters. The van der Waals surface area contributed by atoms with Crippen molar-refractivity contribution >= 4 is 15.9 Å². The summed E-state index contributed by atoms with van der Waals surface area (Å²) >= 11 is 3.58. The molecule has 2 atom stereocenters. The maximum Gasteiger partial charge on any atom is 0.0635 e. The molecule has 1 fully saturated rings. The average molecular weight is 272 g/mol. The zero-order valence-electron chi connectivity index (χ0n) is 9.33. The van der Waals surface area contributed by atoms with Gasteiger partial charge in [0.25, 0.3) is 0 Å². The molecule has 0 amide bonds. The fraction of sp³-hybridized carbons (Fsp3) is 0.727. The molecular formula is C11H18BrN3. The minimum atomic E-state index is 0.663. The lowest BCUT2D eigenvalue weighted by Gasteiger charge is -2.13. The summed E-state index contributed by atoms with van der Waals surface area (Å²) in [4.78, 5) is 0. The fourth-order valence-corrected chi connectivity index (χ4v) is 3.26. The Morgan fingerprint density at radius 2 is 2.40 bits per heavy atom. The molecule has 0 bridgehead atoms. The first kappa shape index (κ1) is 11.1. The van der Waals surface area contributed by atoms with Gasteiger partial charge < -0.3 is 5.32 Å².